The summed E-state index contributed by atoms with van der Waals surface area (Å²) >= 11 is 0. The highest BCUT2D eigenvalue weighted by molar-refractivity contribution is 6.01. The molecule has 2 aliphatic heterocycles. The molecule has 522 valence electrons. The first kappa shape index (κ1) is 73.1. The maximum atomic E-state index is 17.9. The fraction of sp³-hybridized carbons (Fsp3) is 0.535. The third kappa shape index (κ3) is 17.4. The number of aliphatic hydroxyl groups excluding tert-OH is 1. The van der Waals surface area contributed by atoms with E-state index in [1.807, 2.05) is 55.5 Å². The Labute approximate surface area is 562 Å². The molecule has 26 heteroatoms. The molecule has 0 radical (unpaired) electrons. The van der Waals surface area contributed by atoms with Crippen molar-refractivity contribution in [2.45, 2.75) is 127 Å². The van der Waals surface area contributed by atoms with Crippen molar-refractivity contribution >= 4 is 58.6 Å². The van der Waals surface area contributed by atoms with Crippen LogP contribution in [0.25, 0.3) is 0 Å². The molecule has 3 aromatic carbocycles. The number of alkyl halides is 2. The van der Waals surface area contributed by atoms with Gasteiger partial charge < -0.3 is 75.1 Å². The van der Waals surface area contributed by atoms with Crippen molar-refractivity contribution in [3.63, 3.8) is 0 Å². The van der Waals surface area contributed by atoms with Gasteiger partial charge in [-0.15, -0.1) is 0 Å². The zero-order valence-corrected chi connectivity index (χ0v) is 54.9. The van der Waals surface area contributed by atoms with Crippen molar-refractivity contribution in [1.29, 1.82) is 0 Å². The van der Waals surface area contributed by atoms with Crippen LogP contribution in [0.15, 0.2) is 103 Å². The molecule has 11 atom stereocenters. The number of fused-ring (bicyclic) bond motifs is 9. The van der Waals surface area contributed by atoms with Crippen LogP contribution in [0.2, 0.25) is 0 Å². The standard InChI is InChI=1S/C71H87F2N7O17/c1-4-12-66-96-59-38-51-52-37-54(72)53-36-50(81)23-25-68(53,2)70(52,73)57(82)39-69(51,3)71(59,97-66)58(83)44-95-45-78-63(87)41-77-67(90)55(35-46-13-6-5-7-14-46)79-64(88)42-76-62(86)40-75-61(85)24-27-91-29-31-93-33-34-94-32-30-92-28-26-74-60(84)21-22-65(89)80-43-49-17-9-8-15-47(49)19-20-48-16-10-11-18-56(48)80/h5-11,13-18,23,25,36,51-52,54-55,57,59,66,82H,4,12,21-22,24,26-35,37-45H2,1-3H3,(H,74,84)(H,75,85)(H,76,86)(H,77,90)(H,78,87)(H,79,88)/t51?,52?,54-,55-,57?,59?,66?,68?,69?,70?,71?/m0/s1. The summed E-state index contributed by atoms with van der Waals surface area (Å²) in [6.07, 6.45) is -0.692. The first-order valence-electron chi connectivity index (χ1n) is 33.1. The van der Waals surface area contributed by atoms with Gasteiger partial charge in [0.05, 0.1) is 96.9 Å². The number of halogens is 2. The van der Waals surface area contributed by atoms with Gasteiger partial charge in [0.25, 0.3) is 0 Å². The van der Waals surface area contributed by atoms with Crippen LogP contribution in [-0.4, -0.2) is 192 Å². The highest BCUT2D eigenvalue weighted by atomic mass is 19.1. The molecule has 0 aromatic heterocycles. The molecule has 3 aromatic rings. The normalized spacial score (nSPS) is 25.9. The van der Waals surface area contributed by atoms with E-state index in [0.717, 1.165) is 22.8 Å². The van der Waals surface area contributed by atoms with Gasteiger partial charge in [-0.3, -0.25) is 43.2 Å². The quantitative estimate of drug-likeness (QED) is 0.0253. The van der Waals surface area contributed by atoms with Crippen molar-refractivity contribution < 1.29 is 90.2 Å². The van der Waals surface area contributed by atoms with Crippen LogP contribution in [0.4, 0.5) is 14.5 Å². The van der Waals surface area contributed by atoms with Crippen LogP contribution in [0, 0.1) is 34.5 Å². The number of carbonyl (C=O) groups excluding carboxylic acids is 9. The summed E-state index contributed by atoms with van der Waals surface area (Å²) in [6, 6.07) is 22.7. The average molecular weight is 1350 g/mol. The molecule has 7 N–H and O–H groups in total. The van der Waals surface area contributed by atoms with Crippen LogP contribution in [0.5, 0.6) is 0 Å². The SMILES string of the molecule is CCCC1OC2CC3C4C[C@H](F)C5=CC(=O)C=CC5(C)C4(F)C(O)CC3(C)C2(C(=O)COCNC(=O)CNC(=O)[C@H](Cc2ccccc2)NC(=O)CNC(=O)CNC(=O)CCOCCOCCOCCOCCNC(=O)CCC(=O)N2Cc3ccccc3C#Cc3ccccc32)O1. The van der Waals surface area contributed by atoms with Gasteiger partial charge in [0.1, 0.15) is 25.6 Å². The molecule has 7 amide bonds. The number of nitrogens with one attached hydrogen (secondary N) is 6. The van der Waals surface area contributed by atoms with E-state index < -0.39 is 139 Å². The number of Topliss-reactive ketones (excluding diaryl/α,β-unsaturated/α-hetero) is 1. The van der Waals surface area contributed by atoms with Gasteiger partial charge in [0.15, 0.2) is 29.1 Å². The lowest BCUT2D eigenvalue weighted by Gasteiger charge is -2.63. The first-order chi connectivity index (χ1) is 46.7. The van der Waals surface area contributed by atoms with Gasteiger partial charge in [-0.25, -0.2) is 8.78 Å². The number of aliphatic hydroxyl groups is 1. The van der Waals surface area contributed by atoms with Gasteiger partial charge in [-0.05, 0) is 85.6 Å². The lowest BCUT2D eigenvalue weighted by atomic mass is 9.44. The Morgan fingerprint density at radius 1 is 0.701 bits per heavy atom. The fourth-order valence-corrected chi connectivity index (χ4v) is 14.3. The van der Waals surface area contributed by atoms with Crippen LogP contribution < -0.4 is 36.8 Å². The van der Waals surface area contributed by atoms with Crippen molar-refractivity contribution in [3.05, 3.63) is 125 Å². The molecule has 9 unspecified atom stereocenters. The minimum Gasteiger partial charge on any atom is -0.390 e. The minimum atomic E-state index is -2.38. The van der Waals surface area contributed by atoms with Crippen LogP contribution in [0.3, 0.4) is 0 Å². The number of benzene rings is 3. The van der Waals surface area contributed by atoms with Gasteiger partial charge in [-0.1, -0.05) is 98.8 Å². The fourth-order valence-electron chi connectivity index (χ4n) is 14.3. The number of ketones is 2. The maximum absolute atomic E-state index is 17.9. The van der Waals surface area contributed by atoms with E-state index in [-0.39, 0.29) is 102 Å². The van der Waals surface area contributed by atoms with Crippen molar-refractivity contribution in [2.75, 3.05) is 97.3 Å². The summed E-state index contributed by atoms with van der Waals surface area (Å²) in [6.45, 7) is 5.09. The second-order valence-corrected chi connectivity index (χ2v) is 25.3. The van der Waals surface area contributed by atoms with E-state index in [0.29, 0.717) is 50.5 Å². The van der Waals surface area contributed by atoms with Crippen molar-refractivity contribution in [1.82, 2.24) is 31.9 Å². The van der Waals surface area contributed by atoms with Crippen LogP contribution in [-0.2, 0) is 89.3 Å². The van der Waals surface area contributed by atoms with E-state index in [2.05, 4.69) is 43.7 Å². The van der Waals surface area contributed by atoms with Crippen LogP contribution >= 0.6 is 0 Å². The van der Waals surface area contributed by atoms with Gasteiger partial charge in [-0.2, -0.15) is 0 Å². The molecule has 9 rings (SSSR count). The molecule has 1 saturated heterocycles. The third-order valence-electron chi connectivity index (χ3n) is 19.1. The number of nitrogens with zero attached hydrogens (tertiary/aromatic N) is 1. The molecule has 97 heavy (non-hydrogen) atoms. The number of hydrogen-bond acceptors (Lipinski definition) is 17. The van der Waals surface area contributed by atoms with E-state index in [1.54, 1.807) is 42.2 Å². The second kappa shape index (κ2) is 33.9. The number of para-hydroxylation sites is 1. The predicted molar refractivity (Wildman–Crippen MR) is 347 cm³/mol. The number of rotatable bonds is 35. The van der Waals surface area contributed by atoms with Gasteiger partial charge in [0.2, 0.25) is 41.4 Å². The van der Waals surface area contributed by atoms with E-state index in [9.17, 15) is 48.3 Å². The number of amides is 7. The summed E-state index contributed by atoms with van der Waals surface area (Å²) in [5.41, 5.74) is -3.07. The largest absolute Gasteiger partial charge is 0.390 e. The Morgan fingerprint density at radius 3 is 2.07 bits per heavy atom. The zero-order chi connectivity index (χ0) is 69.2. The monoisotopic (exact) mass is 1350 g/mol. The number of ether oxygens (including phenoxy) is 7. The Bertz CT molecular complexity index is 3480. The maximum Gasteiger partial charge on any atom is 0.243 e. The lowest BCUT2D eigenvalue weighted by molar-refractivity contribution is -0.235. The molecule has 2 heterocycles. The summed E-state index contributed by atoms with van der Waals surface area (Å²) in [4.78, 5) is 119. The highest BCUT2D eigenvalue weighted by Gasteiger charge is 2.80. The summed E-state index contributed by atoms with van der Waals surface area (Å²) in [5, 5.41) is 27.1. The molecule has 6 aliphatic rings. The van der Waals surface area contributed by atoms with Gasteiger partial charge in [0, 0.05) is 60.1 Å². The Hall–Kier alpha value is -8.13. The number of hydrogen-bond donors (Lipinski definition) is 7. The van der Waals surface area contributed by atoms with Gasteiger partial charge >= 0.3 is 0 Å². The molecule has 24 nitrogen and oxygen atoms in total. The lowest BCUT2D eigenvalue weighted by Crippen LogP contribution is -2.71. The zero-order valence-electron chi connectivity index (χ0n) is 54.9. The molecular weight excluding hydrogens is 1260 g/mol. The van der Waals surface area contributed by atoms with Crippen molar-refractivity contribution in [3.8, 4) is 11.8 Å². The third-order valence-corrected chi connectivity index (χ3v) is 19.1. The molecular formula is C71H87F2N7O17. The Kier molecular flexibility index (Phi) is 25.6. The number of anilines is 1. The first-order valence-corrected chi connectivity index (χ1v) is 33.1. The number of carbonyl (C=O) groups is 9. The summed E-state index contributed by atoms with van der Waals surface area (Å²) in [7, 11) is 0. The Morgan fingerprint density at radius 2 is 1.33 bits per heavy atom. The average Bonchev–Trinajstić information content (AvgIpc) is 1.59. The highest BCUT2D eigenvalue weighted by Crippen LogP contribution is 2.72. The number of allylic oxidation sites excluding steroid dienone is 4. The molecule has 0 spiro atoms. The van der Waals surface area contributed by atoms with Crippen molar-refractivity contribution in [2.24, 2.45) is 22.7 Å². The summed E-state index contributed by atoms with van der Waals surface area (Å²) < 4.78 is 74.6. The van der Waals surface area contributed by atoms with E-state index in [4.69, 9.17) is 33.2 Å². The molecule has 4 aliphatic carbocycles. The Balaban J connectivity index is 0.600. The predicted octanol–water partition coefficient (Wildman–Crippen LogP) is 3.23. The smallest absolute Gasteiger partial charge is 0.243 e. The van der Waals surface area contributed by atoms with E-state index >= 15 is 8.78 Å². The van der Waals surface area contributed by atoms with E-state index in [1.165, 1.54) is 19.1 Å². The molecule has 3 saturated carbocycles. The molecule has 4 fully saturated rings. The second-order valence-electron chi connectivity index (χ2n) is 25.3. The topological polar surface area (TPSA) is 314 Å². The summed E-state index contributed by atoms with van der Waals surface area (Å²) in [5.74, 6) is -0.193. The van der Waals surface area contributed by atoms with Crippen LogP contribution in [0.1, 0.15) is 94.4 Å². The molecule has 0 bridgehead atoms. The minimum absolute atomic E-state index is 0.0145.